The van der Waals surface area contributed by atoms with Crippen molar-refractivity contribution in [1.82, 2.24) is 10.9 Å². The Morgan fingerprint density at radius 1 is 0.964 bits per heavy atom. The first-order chi connectivity index (χ1) is 13.5. The molecule has 2 aromatic carbocycles. The molecule has 0 aliphatic carbocycles. The number of urea groups is 1. The van der Waals surface area contributed by atoms with Crippen LogP contribution in [-0.2, 0) is 9.53 Å². The zero-order valence-electron chi connectivity index (χ0n) is 15.2. The minimum Gasteiger partial charge on any atom is -0.484 e. The van der Waals surface area contributed by atoms with E-state index in [1.54, 1.807) is 48.5 Å². The minimum absolute atomic E-state index is 0.319. The third kappa shape index (κ3) is 7.16. The highest BCUT2D eigenvalue weighted by atomic mass is 35.5. The van der Waals surface area contributed by atoms with E-state index in [9.17, 15) is 14.4 Å². The number of halogens is 1. The number of ether oxygens (including phenoxy) is 2. The molecule has 8 nitrogen and oxygen atoms in total. The number of hydrogen-bond donors (Lipinski definition) is 3. The highest BCUT2D eigenvalue weighted by Crippen LogP contribution is 2.14. The van der Waals surface area contributed by atoms with Crippen LogP contribution in [0.4, 0.5) is 10.5 Å². The molecule has 148 valence electrons. The van der Waals surface area contributed by atoms with Crippen LogP contribution < -0.4 is 20.9 Å². The molecule has 28 heavy (non-hydrogen) atoms. The van der Waals surface area contributed by atoms with Gasteiger partial charge in [0.2, 0.25) is 0 Å². The lowest BCUT2D eigenvalue weighted by Gasteiger charge is -2.10. The predicted molar refractivity (Wildman–Crippen MR) is 104 cm³/mol. The van der Waals surface area contributed by atoms with E-state index in [0.29, 0.717) is 28.6 Å². The van der Waals surface area contributed by atoms with E-state index in [4.69, 9.17) is 21.1 Å². The van der Waals surface area contributed by atoms with Crippen molar-refractivity contribution >= 4 is 35.2 Å². The lowest BCUT2D eigenvalue weighted by Crippen LogP contribution is -2.45. The van der Waals surface area contributed by atoms with Gasteiger partial charge in [-0.1, -0.05) is 18.5 Å². The first-order valence-electron chi connectivity index (χ1n) is 8.49. The molecule has 0 saturated heterocycles. The SMILES string of the molecule is CCCOC(=O)c1ccc(OCC(=O)NNC(=O)Nc2ccc(Cl)cc2)cc1. The van der Waals surface area contributed by atoms with Crippen molar-refractivity contribution in [3.8, 4) is 5.75 Å². The Balaban J connectivity index is 1.71. The van der Waals surface area contributed by atoms with Gasteiger partial charge in [0.05, 0.1) is 12.2 Å². The summed E-state index contributed by atoms with van der Waals surface area (Å²) >= 11 is 5.76. The summed E-state index contributed by atoms with van der Waals surface area (Å²) < 4.78 is 10.3. The standard InChI is InChI=1S/C19H20ClN3O5/c1-2-11-27-18(25)13-3-9-16(10-4-13)28-12-17(24)22-23-19(26)21-15-7-5-14(20)6-8-15/h3-10H,2,11-12H2,1H3,(H,22,24)(H2,21,23,26). The molecular formula is C19H20ClN3O5. The topological polar surface area (TPSA) is 106 Å². The van der Waals surface area contributed by atoms with Crippen LogP contribution in [0.3, 0.4) is 0 Å². The summed E-state index contributed by atoms with van der Waals surface area (Å²) in [4.78, 5) is 35.1. The number of rotatable bonds is 7. The molecule has 0 bridgehead atoms. The number of amides is 3. The fourth-order valence-electron chi connectivity index (χ4n) is 1.97. The second-order valence-corrected chi connectivity index (χ2v) is 6.02. The maximum Gasteiger partial charge on any atom is 0.338 e. The van der Waals surface area contributed by atoms with Gasteiger partial charge >= 0.3 is 12.0 Å². The highest BCUT2D eigenvalue weighted by Gasteiger charge is 2.08. The Labute approximate surface area is 167 Å². The quantitative estimate of drug-likeness (QED) is 0.484. The molecular weight excluding hydrogens is 386 g/mol. The van der Waals surface area contributed by atoms with Crippen LogP contribution in [0, 0.1) is 0 Å². The van der Waals surface area contributed by atoms with Crippen molar-refractivity contribution in [3.63, 3.8) is 0 Å². The van der Waals surface area contributed by atoms with Crippen LogP contribution >= 0.6 is 11.6 Å². The summed E-state index contributed by atoms with van der Waals surface area (Å²) in [6.07, 6.45) is 0.744. The molecule has 0 atom stereocenters. The van der Waals surface area contributed by atoms with Crippen molar-refractivity contribution in [3.05, 3.63) is 59.1 Å². The first-order valence-corrected chi connectivity index (χ1v) is 8.87. The van der Waals surface area contributed by atoms with E-state index in [1.807, 2.05) is 6.92 Å². The molecule has 0 aromatic heterocycles. The molecule has 0 aliphatic rings. The van der Waals surface area contributed by atoms with Crippen molar-refractivity contribution in [2.45, 2.75) is 13.3 Å². The van der Waals surface area contributed by atoms with Gasteiger partial charge in [0.1, 0.15) is 5.75 Å². The monoisotopic (exact) mass is 405 g/mol. The van der Waals surface area contributed by atoms with Crippen LogP contribution in [0.1, 0.15) is 23.7 Å². The summed E-state index contributed by atoms with van der Waals surface area (Å²) in [7, 11) is 0. The van der Waals surface area contributed by atoms with Gasteiger partial charge in [0.15, 0.2) is 6.61 Å². The summed E-state index contributed by atoms with van der Waals surface area (Å²) in [5, 5.41) is 3.07. The predicted octanol–water partition coefficient (Wildman–Crippen LogP) is 3.14. The van der Waals surface area contributed by atoms with Crippen molar-refractivity contribution in [2.75, 3.05) is 18.5 Å². The van der Waals surface area contributed by atoms with Crippen LogP contribution in [0.2, 0.25) is 5.02 Å². The third-order valence-electron chi connectivity index (χ3n) is 3.31. The van der Waals surface area contributed by atoms with Crippen molar-refractivity contribution in [2.24, 2.45) is 0 Å². The van der Waals surface area contributed by atoms with Gasteiger partial charge in [-0.15, -0.1) is 0 Å². The number of carbonyl (C=O) groups is 3. The number of nitrogens with one attached hydrogen (secondary N) is 3. The summed E-state index contributed by atoms with van der Waals surface area (Å²) in [5.41, 5.74) is 5.33. The first kappa shape index (κ1) is 21.0. The molecule has 9 heteroatoms. The van der Waals surface area contributed by atoms with E-state index < -0.39 is 17.9 Å². The summed E-state index contributed by atoms with van der Waals surface area (Å²) in [6.45, 7) is 1.95. The number of benzene rings is 2. The van der Waals surface area contributed by atoms with Gasteiger partial charge in [0.25, 0.3) is 5.91 Å². The fourth-order valence-corrected chi connectivity index (χ4v) is 2.10. The number of hydrogen-bond acceptors (Lipinski definition) is 5. The molecule has 2 aromatic rings. The smallest absolute Gasteiger partial charge is 0.338 e. The van der Waals surface area contributed by atoms with Crippen LogP contribution in [0.15, 0.2) is 48.5 Å². The van der Waals surface area contributed by atoms with Gasteiger partial charge < -0.3 is 14.8 Å². The molecule has 3 amide bonds. The average Bonchev–Trinajstić information content (AvgIpc) is 2.71. The lowest BCUT2D eigenvalue weighted by atomic mass is 10.2. The molecule has 0 unspecified atom stereocenters. The van der Waals surface area contributed by atoms with Crippen LogP contribution in [0.5, 0.6) is 5.75 Å². The van der Waals surface area contributed by atoms with Gasteiger partial charge in [0, 0.05) is 10.7 Å². The third-order valence-corrected chi connectivity index (χ3v) is 3.57. The fraction of sp³-hybridized carbons (Fsp3) is 0.211. The molecule has 2 rings (SSSR count). The van der Waals surface area contributed by atoms with Crippen molar-refractivity contribution < 1.29 is 23.9 Å². The van der Waals surface area contributed by atoms with Gasteiger partial charge in [-0.05, 0) is 55.0 Å². The largest absolute Gasteiger partial charge is 0.484 e. The maximum atomic E-state index is 11.7. The summed E-state index contributed by atoms with van der Waals surface area (Å²) in [5.74, 6) is -0.576. The maximum absolute atomic E-state index is 11.7. The molecule has 0 fully saturated rings. The van der Waals surface area contributed by atoms with Gasteiger partial charge in [-0.3, -0.25) is 10.2 Å². The van der Waals surface area contributed by atoms with Crippen molar-refractivity contribution in [1.29, 1.82) is 0 Å². The Morgan fingerprint density at radius 3 is 2.29 bits per heavy atom. The Morgan fingerprint density at radius 2 is 1.64 bits per heavy atom. The van der Waals surface area contributed by atoms with E-state index in [-0.39, 0.29) is 6.61 Å². The molecule has 0 heterocycles. The molecule has 0 radical (unpaired) electrons. The van der Waals surface area contributed by atoms with Crippen LogP contribution in [0.25, 0.3) is 0 Å². The van der Waals surface area contributed by atoms with E-state index >= 15 is 0 Å². The minimum atomic E-state index is -0.620. The lowest BCUT2D eigenvalue weighted by molar-refractivity contribution is -0.123. The number of hydrazine groups is 1. The molecule has 0 spiro atoms. The van der Waals surface area contributed by atoms with E-state index in [2.05, 4.69) is 16.2 Å². The number of anilines is 1. The Hall–Kier alpha value is -3.26. The average molecular weight is 406 g/mol. The second kappa shape index (κ2) is 10.8. The molecule has 0 saturated carbocycles. The summed E-state index contributed by atoms with van der Waals surface area (Å²) in [6, 6.07) is 12.1. The van der Waals surface area contributed by atoms with Gasteiger partial charge in [-0.25, -0.2) is 15.0 Å². The molecule has 0 aliphatic heterocycles. The van der Waals surface area contributed by atoms with Gasteiger partial charge in [-0.2, -0.15) is 0 Å². The Bertz CT molecular complexity index is 809. The van der Waals surface area contributed by atoms with E-state index in [1.165, 1.54) is 0 Å². The second-order valence-electron chi connectivity index (χ2n) is 5.58. The normalized spacial score (nSPS) is 9.93. The van der Waals surface area contributed by atoms with Crippen LogP contribution in [-0.4, -0.2) is 31.1 Å². The number of esters is 1. The van der Waals surface area contributed by atoms with E-state index in [0.717, 1.165) is 6.42 Å². The molecule has 3 N–H and O–H groups in total. The zero-order valence-corrected chi connectivity index (χ0v) is 15.9. The zero-order chi connectivity index (χ0) is 20.4. The number of carbonyl (C=O) groups excluding carboxylic acids is 3. The highest BCUT2D eigenvalue weighted by molar-refractivity contribution is 6.30. The Kier molecular flexibility index (Phi) is 8.11.